The molecule has 0 spiro atoms. The van der Waals surface area contributed by atoms with Crippen LogP contribution in [-0.4, -0.2) is 49.9 Å². The zero-order valence-electron chi connectivity index (χ0n) is 18.1. The lowest BCUT2D eigenvalue weighted by Crippen LogP contribution is -2.49. The molecule has 2 aromatic carbocycles. The molecule has 0 radical (unpaired) electrons. The van der Waals surface area contributed by atoms with Crippen molar-refractivity contribution in [1.29, 1.82) is 0 Å². The second-order valence-electron chi connectivity index (χ2n) is 8.54. The van der Waals surface area contributed by atoms with E-state index in [2.05, 4.69) is 10.3 Å². The van der Waals surface area contributed by atoms with E-state index >= 15 is 0 Å². The molecule has 0 bridgehead atoms. The summed E-state index contributed by atoms with van der Waals surface area (Å²) in [6, 6.07) is 18.7. The molecule has 7 nitrogen and oxygen atoms in total. The van der Waals surface area contributed by atoms with E-state index in [1.165, 1.54) is 6.34 Å². The molecule has 2 fully saturated rings. The number of rotatable bonds is 8. The van der Waals surface area contributed by atoms with Gasteiger partial charge in [0.2, 0.25) is 10.0 Å². The summed E-state index contributed by atoms with van der Waals surface area (Å²) in [7, 11) is -3.20. The summed E-state index contributed by atoms with van der Waals surface area (Å²) in [6.07, 6.45) is 4.36. The molecule has 1 saturated carbocycles. The maximum Gasteiger partial charge on any atom is 0.257 e. The van der Waals surface area contributed by atoms with Crippen molar-refractivity contribution in [2.75, 3.05) is 19.6 Å². The highest BCUT2D eigenvalue weighted by Crippen LogP contribution is 2.35. The number of amides is 1. The van der Waals surface area contributed by atoms with E-state index in [-0.39, 0.29) is 17.1 Å². The molecule has 2 aliphatic rings. The van der Waals surface area contributed by atoms with Crippen LogP contribution in [-0.2, 0) is 20.4 Å². The first-order valence-electron chi connectivity index (χ1n) is 11.1. The molecular weight excluding hydrogens is 424 g/mol. The Labute approximate surface area is 189 Å². The molecule has 0 unspecified atom stereocenters. The summed E-state index contributed by atoms with van der Waals surface area (Å²) >= 11 is 0. The van der Waals surface area contributed by atoms with Crippen molar-refractivity contribution in [3.63, 3.8) is 0 Å². The molecule has 170 valence electrons. The van der Waals surface area contributed by atoms with Gasteiger partial charge in [-0.1, -0.05) is 60.7 Å². The first kappa shape index (κ1) is 22.5. The van der Waals surface area contributed by atoms with Crippen LogP contribution in [0.15, 0.2) is 65.7 Å². The third-order valence-corrected chi connectivity index (χ3v) is 8.68. The number of aliphatic imine (C=N–C) groups is 1. The van der Waals surface area contributed by atoms with Crippen LogP contribution < -0.4 is 11.1 Å². The van der Waals surface area contributed by atoms with Crippen molar-refractivity contribution in [2.45, 2.75) is 36.5 Å². The number of carbonyl (C=O) groups excluding carboxylic acids is 1. The highest BCUT2D eigenvalue weighted by molar-refractivity contribution is 7.90. The largest absolute Gasteiger partial charge is 0.390 e. The minimum atomic E-state index is -3.20. The van der Waals surface area contributed by atoms with E-state index in [0.717, 1.165) is 25.7 Å². The zero-order chi connectivity index (χ0) is 22.6. The number of hydrogen-bond donors (Lipinski definition) is 2. The Kier molecular flexibility index (Phi) is 6.62. The molecule has 0 aromatic heterocycles. The number of carbonyl (C=O) groups is 1. The Bertz CT molecular complexity index is 1010. The second kappa shape index (κ2) is 9.42. The fraction of sp³-hybridized carbons (Fsp3) is 0.417. The molecule has 2 aromatic rings. The lowest BCUT2D eigenvalue weighted by atomic mass is 9.82. The quantitative estimate of drug-likeness (QED) is 0.471. The summed E-state index contributed by atoms with van der Waals surface area (Å²) in [5.74, 6) is -0.217. The van der Waals surface area contributed by atoms with Crippen LogP contribution >= 0.6 is 0 Å². The fourth-order valence-electron chi connectivity index (χ4n) is 4.47. The van der Waals surface area contributed by atoms with E-state index < -0.39 is 15.6 Å². The first-order valence-corrected chi connectivity index (χ1v) is 12.6. The van der Waals surface area contributed by atoms with Crippen molar-refractivity contribution in [1.82, 2.24) is 9.62 Å². The van der Waals surface area contributed by atoms with Gasteiger partial charge in [0.05, 0.1) is 11.6 Å². The Morgan fingerprint density at radius 1 is 1.06 bits per heavy atom. The lowest BCUT2D eigenvalue weighted by molar-refractivity contribution is -0.125. The van der Waals surface area contributed by atoms with Crippen LogP contribution in [0.25, 0.3) is 0 Å². The highest BCUT2D eigenvalue weighted by Gasteiger charge is 2.43. The summed E-state index contributed by atoms with van der Waals surface area (Å²) in [6.45, 7) is 1.40. The van der Waals surface area contributed by atoms with Crippen molar-refractivity contribution >= 4 is 22.3 Å². The number of hydrogen-bond acceptors (Lipinski definition) is 4. The average Bonchev–Trinajstić information content (AvgIpc) is 3.69. The standard InChI is InChI=1S/C24H30N4O3S/c25-18-27-24(20-9-3-1-4-10-20,21-11-5-2-6-12-21)23(29)26-16-19-8-7-15-28(17-19)32(30,31)22-13-14-22/h1-6,9-12,18-19,22H,7-8,13-17H2,(H2,25,27)(H,26,29)/t19-/m1/s1. The van der Waals surface area contributed by atoms with E-state index in [9.17, 15) is 13.2 Å². The van der Waals surface area contributed by atoms with Crippen LogP contribution in [0.5, 0.6) is 0 Å². The third-order valence-electron chi connectivity index (χ3n) is 6.32. The van der Waals surface area contributed by atoms with Gasteiger partial charge in [-0.2, -0.15) is 0 Å². The summed E-state index contributed by atoms with van der Waals surface area (Å²) in [4.78, 5) is 18.2. The molecule has 3 N–H and O–H groups in total. The Balaban J connectivity index is 1.56. The van der Waals surface area contributed by atoms with Gasteiger partial charge in [-0.25, -0.2) is 17.7 Å². The van der Waals surface area contributed by atoms with Gasteiger partial charge >= 0.3 is 0 Å². The molecule has 1 saturated heterocycles. The van der Waals surface area contributed by atoms with Gasteiger partial charge in [-0.3, -0.25) is 4.79 Å². The molecule has 4 rings (SSSR count). The minimum Gasteiger partial charge on any atom is -0.390 e. The Hall–Kier alpha value is -2.71. The highest BCUT2D eigenvalue weighted by atomic mass is 32.2. The normalized spacial score (nSPS) is 20.3. The van der Waals surface area contributed by atoms with E-state index in [0.29, 0.717) is 30.8 Å². The Morgan fingerprint density at radius 3 is 2.19 bits per heavy atom. The topological polar surface area (TPSA) is 105 Å². The minimum absolute atomic E-state index is 0.0623. The van der Waals surface area contributed by atoms with E-state index in [1.54, 1.807) is 4.31 Å². The van der Waals surface area contributed by atoms with Crippen LogP contribution in [0.3, 0.4) is 0 Å². The van der Waals surface area contributed by atoms with Crippen molar-refractivity contribution < 1.29 is 13.2 Å². The number of sulfonamides is 1. The van der Waals surface area contributed by atoms with Crippen molar-refractivity contribution in [2.24, 2.45) is 16.6 Å². The molecule has 1 amide bonds. The molecule has 1 aliphatic heterocycles. The summed E-state index contributed by atoms with van der Waals surface area (Å²) < 4.78 is 26.9. The van der Waals surface area contributed by atoms with Gasteiger partial charge in [0.25, 0.3) is 5.91 Å². The monoisotopic (exact) mass is 454 g/mol. The second-order valence-corrected chi connectivity index (χ2v) is 10.8. The van der Waals surface area contributed by atoms with Gasteiger partial charge < -0.3 is 11.1 Å². The molecule has 1 heterocycles. The van der Waals surface area contributed by atoms with Crippen molar-refractivity contribution in [3.8, 4) is 0 Å². The van der Waals surface area contributed by atoms with Gasteiger partial charge in [-0.05, 0) is 42.7 Å². The first-order chi connectivity index (χ1) is 15.5. The molecule has 1 aliphatic carbocycles. The molecular formula is C24H30N4O3S. The summed E-state index contributed by atoms with van der Waals surface area (Å²) in [5, 5.41) is 2.85. The van der Waals surface area contributed by atoms with Crippen LogP contribution in [0, 0.1) is 5.92 Å². The number of piperidine rings is 1. The molecule has 8 heteroatoms. The smallest absolute Gasteiger partial charge is 0.257 e. The number of nitrogens with two attached hydrogens (primary N) is 1. The van der Waals surface area contributed by atoms with Crippen LogP contribution in [0.2, 0.25) is 0 Å². The summed E-state index contributed by atoms with van der Waals surface area (Å²) in [5.41, 5.74) is 5.84. The average molecular weight is 455 g/mol. The van der Waals surface area contributed by atoms with Crippen molar-refractivity contribution in [3.05, 3.63) is 71.8 Å². The maximum atomic E-state index is 13.7. The third kappa shape index (κ3) is 4.42. The lowest BCUT2D eigenvalue weighted by Gasteiger charge is -2.34. The van der Waals surface area contributed by atoms with Gasteiger partial charge in [0.15, 0.2) is 5.54 Å². The number of nitrogens with zero attached hydrogens (tertiary/aromatic N) is 2. The predicted molar refractivity (Wildman–Crippen MR) is 126 cm³/mol. The predicted octanol–water partition coefficient (Wildman–Crippen LogP) is 2.24. The zero-order valence-corrected chi connectivity index (χ0v) is 18.9. The molecule has 32 heavy (non-hydrogen) atoms. The van der Waals surface area contributed by atoms with Gasteiger partial charge in [-0.15, -0.1) is 0 Å². The molecule has 1 atom stereocenters. The number of benzene rings is 2. The fourth-order valence-corrected chi connectivity index (χ4v) is 6.43. The van der Waals surface area contributed by atoms with E-state index in [1.807, 2.05) is 60.7 Å². The maximum absolute atomic E-state index is 13.7. The SMILES string of the molecule is NC=NC(C(=O)NC[C@H]1CCCN(S(=O)(=O)C2CC2)C1)(c1ccccc1)c1ccccc1. The van der Waals surface area contributed by atoms with Crippen LogP contribution in [0.4, 0.5) is 0 Å². The Morgan fingerprint density at radius 2 is 1.66 bits per heavy atom. The van der Waals surface area contributed by atoms with Crippen LogP contribution in [0.1, 0.15) is 36.8 Å². The van der Waals surface area contributed by atoms with Gasteiger partial charge in [0.1, 0.15) is 0 Å². The van der Waals surface area contributed by atoms with E-state index in [4.69, 9.17) is 5.73 Å². The van der Waals surface area contributed by atoms with Gasteiger partial charge in [0, 0.05) is 19.6 Å². The number of nitrogens with one attached hydrogen (secondary N) is 1.